The van der Waals surface area contributed by atoms with Crippen molar-refractivity contribution in [3.63, 3.8) is 0 Å². The Kier molecular flexibility index (Phi) is 4.79. The van der Waals surface area contributed by atoms with E-state index in [1.54, 1.807) is 24.3 Å². The molecule has 1 heterocycles. The van der Waals surface area contributed by atoms with E-state index in [0.717, 1.165) is 16.8 Å². The second-order valence-corrected chi connectivity index (χ2v) is 5.80. The van der Waals surface area contributed by atoms with Crippen LogP contribution in [-0.2, 0) is 27.2 Å². The van der Waals surface area contributed by atoms with Crippen LogP contribution in [0.3, 0.4) is 0 Å². The number of methoxy groups -OCH3 is 1. The SMILES string of the molecule is COC(=O)c1ccccc1NC(=O)Cc1ccc2c(c1)CCC(=O)N2. The molecular formula is C19H18N2O4. The number of amides is 2. The van der Waals surface area contributed by atoms with Crippen LogP contribution < -0.4 is 10.6 Å². The van der Waals surface area contributed by atoms with Gasteiger partial charge in [-0.25, -0.2) is 4.79 Å². The molecule has 0 aliphatic carbocycles. The summed E-state index contributed by atoms with van der Waals surface area (Å²) < 4.78 is 4.72. The van der Waals surface area contributed by atoms with E-state index < -0.39 is 5.97 Å². The van der Waals surface area contributed by atoms with Crippen molar-refractivity contribution in [2.24, 2.45) is 0 Å². The quantitative estimate of drug-likeness (QED) is 0.839. The molecule has 2 N–H and O–H groups in total. The van der Waals surface area contributed by atoms with Crippen molar-refractivity contribution in [2.45, 2.75) is 19.3 Å². The molecule has 2 aromatic rings. The summed E-state index contributed by atoms with van der Waals surface area (Å²) in [6.45, 7) is 0. The standard InChI is InChI=1S/C19H18N2O4/c1-25-19(24)14-4-2-3-5-16(14)21-18(23)11-12-6-8-15-13(10-12)7-9-17(22)20-15/h2-6,8,10H,7,9,11H2,1H3,(H,20,22)(H,21,23). The van der Waals surface area contributed by atoms with Gasteiger partial charge in [0.15, 0.2) is 0 Å². The molecule has 6 nitrogen and oxygen atoms in total. The number of benzene rings is 2. The maximum atomic E-state index is 12.3. The number of carbonyl (C=O) groups is 3. The first-order valence-electron chi connectivity index (χ1n) is 7.95. The molecule has 2 amide bonds. The van der Waals surface area contributed by atoms with Crippen LogP contribution in [-0.4, -0.2) is 24.9 Å². The van der Waals surface area contributed by atoms with Crippen LogP contribution in [0.25, 0.3) is 0 Å². The number of anilines is 2. The maximum absolute atomic E-state index is 12.3. The largest absolute Gasteiger partial charge is 0.465 e. The average Bonchev–Trinajstić information content (AvgIpc) is 2.61. The van der Waals surface area contributed by atoms with Gasteiger partial charge in [0.05, 0.1) is 24.8 Å². The van der Waals surface area contributed by atoms with Crippen LogP contribution in [0.1, 0.15) is 27.9 Å². The Labute approximate surface area is 145 Å². The molecule has 0 spiro atoms. The zero-order valence-electron chi connectivity index (χ0n) is 13.8. The zero-order valence-corrected chi connectivity index (χ0v) is 13.8. The number of rotatable bonds is 4. The van der Waals surface area contributed by atoms with Gasteiger partial charge < -0.3 is 15.4 Å². The summed E-state index contributed by atoms with van der Waals surface area (Å²) in [7, 11) is 1.30. The number of hydrogen-bond donors (Lipinski definition) is 2. The normalized spacial score (nSPS) is 12.8. The topological polar surface area (TPSA) is 84.5 Å². The van der Waals surface area contributed by atoms with Crippen LogP contribution in [0.5, 0.6) is 0 Å². The Hall–Kier alpha value is -3.15. The number of nitrogens with one attached hydrogen (secondary N) is 2. The summed E-state index contributed by atoms with van der Waals surface area (Å²) in [4.78, 5) is 35.5. The lowest BCUT2D eigenvalue weighted by Crippen LogP contribution is -2.20. The number of esters is 1. The highest BCUT2D eigenvalue weighted by atomic mass is 16.5. The molecule has 2 aromatic carbocycles. The van der Waals surface area contributed by atoms with Crippen molar-refractivity contribution < 1.29 is 19.1 Å². The molecule has 0 bridgehead atoms. The molecule has 1 aliphatic rings. The van der Waals surface area contributed by atoms with E-state index in [1.165, 1.54) is 7.11 Å². The third kappa shape index (κ3) is 3.85. The van der Waals surface area contributed by atoms with Crippen LogP contribution in [0, 0.1) is 0 Å². The lowest BCUT2D eigenvalue weighted by molar-refractivity contribution is -0.117. The number of ether oxygens (including phenoxy) is 1. The van der Waals surface area contributed by atoms with E-state index in [2.05, 4.69) is 10.6 Å². The molecule has 0 fully saturated rings. The molecule has 0 saturated heterocycles. The van der Waals surface area contributed by atoms with Gasteiger partial charge in [-0.2, -0.15) is 0 Å². The molecule has 128 valence electrons. The highest BCUT2D eigenvalue weighted by Gasteiger charge is 2.17. The number of fused-ring (bicyclic) bond motifs is 1. The first-order valence-corrected chi connectivity index (χ1v) is 7.95. The Balaban J connectivity index is 1.72. The molecule has 0 saturated carbocycles. The van der Waals surface area contributed by atoms with Gasteiger partial charge in [0.2, 0.25) is 11.8 Å². The Morgan fingerprint density at radius 3 is 2.76 bits per heavy atom. The number of carbonyl (C=O) groups excluding carboxylic acids is 3. The average molecular weight is 338 g/mol. The molecule has 6 heteroatoms. The molecule has 3 rings (SSSR count). The van der Waals surface area contributed by atoms with E-state index in [9.17, 15) is 14.4 Å². The summed E-state index contributed by atoms with van der Waals surface area (Å²) in [6.07, 6.45) is 1.30. The van der Waals surface area contributed by atoms with E-state index in [4.69, 9.17) is 4.74 Å². The number of hydrogen-bond acceptors (Lipinski definition) is 4. The summed E-state index contributed by atoms with van der Waals surface area (Å²) in [5, 5.41) is 5.57. The van der Waals surface area contributed by atoms with Crippen molar-refractivity contribution in [1.82, 2.24) is 0 Å². The van der Waals surface area contributed by atoms with Crippen LogP contribution in [0.15, 0.2) is 42.5 Å². The summed E-state index contributed by atoms with van der Waals surface area (Å²) in [6, 6.07) is 12.3. The number of aryl methyl sites for hydroxylation is 1. The maximum Gasteiger partial charge on any atom is 0.339 e. The van der Waals surface area contributed by atoms with Crippen LogP contribution in [0.2, 0.25) is 0 Å². The van der Waals surface area contributed by atoms with Crippen LogP contribution in [0.4, 0.5) is 11.4 Å². The van der Waals surface area contributed by atoms with Gasteiger partial charge in [-0.05, 0) is 35.7 Å². The van der Waals surface area contributed by atoms with E-state index in [1.807, 2.05) is 18.2 Å². The van der Waals surface area contributed by atoms with E-state index >= 15 is 0 Å². The van der Waals surface area contributed by atoms with Gasteiger partial charge in [-0.15, -0.1) is 0 Å². The zero-order chi connectivity index (χ0) is 17.8. The van der Waals surface area contributed by atoms with Crippen molar-refractivity contribution >= 4 is 29.2 Å². The second-order valence-electron chi connectivity index (χ2n) is 5.80. The minimum absolute atomic E-state index is 0.0115. The highest BCUT2D eigenvalue weighted by Crippen LogP contribution is 2.24. The Morgan fingerprint density at radius 2 is 1.96 bits per heavy atom. The molecule has 25 heavy (non-hydrogen) atoms. The molecular weight excluding hydrogens is 320 g/mol. The predicted molar refractivity (Wildman–Crippen MR) is 93.5 cm³/mol. The monoisotopic (exact) mass is 338 g/mol. The summed E-state index contributed by atoms with van der Waals surface area (Å²) in [5.41, 5.74) is 3.41. The van der Waals surface area contributed by atoms with Gasteiger partial charge in [-0.3, -0.25) is 9.59 Å². The lowest BCUT2D eigenvalue weighted by Gasteiger charge is -2.17. The van der Waals surface area contributed by atoms with Crippen molar-refractivity contribution in [3.05, 3.63) is 59.2 Å². The van der Waals surface area contributed by atoms with Crippen molar-refractivity contribution in [3.8, 4) is 0 Å². The number of para-hydroxylation sites is 1. The molecule has 0 radical (unpaired) electrons. The molecule has 1 aliphatic heterocycles. The van der Waals surface area contributed by atoms with Crippen LogP contribution >= 0.6 is 0 Å². The van der Waals surface area contributed by atoms with Crippen molar-refractivity contribution in [1.29, 1.82) is 0 Å². The van der Waals surface area contributed by atoms with Gasteiger partial charge in [0.25, 0.3) is 0 Å². The highest BCUT2D eigenvalue weighted by molar-refractivity contribution is 6.01. The third-order valence-electron chi connectivity index (χ3n) is 4.04. The minimum Gasteiger partial charge on any atom is -0.465 e. The molecule has 0 unspecified atom stereocenters. The first-order chi connectivity index (χ1) is 12.1. The fourth-order valence-electron chi connectivity index (χ4n) is 2.81. The third-order valence-corrected chi connectivity index (χ3v) is 4.04. The molecule has 0 aromatic heterocycles. The smallest absolute Gasteiger partial charge is 0.339 e. The molecule has 0 atom stereocenters. The fraction of sp³-hybridized carbons (Fsp3) is 0.211. The minimum atomic E-state index is -0.500. The van der Waals surface area contributed by atoms with Gasteiger partial charge in [0.1, 0.15) is 0 Å². The lowest BCUT2D eigenvalue weighted by atomic mass is 9.99. The summed E-state index contributed by atoms with van der Waals surface area (Å²) in [5.74, 6) is -0.714. The van der Waals surface area contributed by atoms with Gasteiger partial charge in [-0.1, -0.05) is 24.3 Å². The van der Waals surface area contributed by atoms with E-state index in [-0.39, 0.29) is 18.2 Å². The second kappa shape index (κ2) is 7.17. The first kappa shape index (κ1) is 16.7. The predicted octanol–water partition coefficient (Wildman–Crippen LogP) is 2.54. The van der Waals surface area contributed by atoms with Gasteiger partial charge in [0, 0.05) is 12.1 Å². The Morgan fingerprint density at radius 1 is 1.16 bits per heavy atom. The summed E-state index contributed by atoms with van der Waals surface area (Å²) >= 11 is 0. The van der Waals surface area contributed by atoms with Gasteiger partial charge >= 0.3 is 5.97 Å². The van der Waals surface area contributed by atoms with Crippen molar-refractivity contribution in [2.75, 3.05) is 17.7 Å². The Bertz CT molecular complexity index is 845. The fourth-order valence-corrected chi connectivity index (χ4v) is 2.81. The van der Waals surface area contributed by atoms with E-state index in [0.29, 0.717) is 24.1 Å².